The van der Waals surface area contributed by atoms with Gasteiger partial charge in [-0.05, 0) is 53.2 Å². The first-order valence-corrected chi connectivity index (χ1v) is 11.3. The summed E-state index contributed by atoms with van der Waals surface area (Å²) in [5, 5.41) is 13.0. The maximum Gasteiger partial charge on any atom is 0.293 e. The molecule has 2 heterocycles. The molecule has 1 saturated heterocycles. The number of thioether (sulfide) groups is 1. The van der Waals surface area contributed by atoms with E-state index in [1.165, 1.54) is 17.0 Å². The van der Waals surface area contributed by atoms with Gasteiger partial charge in [0.15, 0.2) is 0 Å². The highest BCUT2D eigenvalue weighted by Gasteiger charge is 2.35. The van der Waals surface area contributed by atoms with Crippen LogP contribution in [-0.2, 0) is 11.3 Å². The lowest BCUT2D eigenvalue weighted by Gasteiger charge is -2.13. The van der Waals surface area contributed by atoms with Crippen molar-refractivity contribution in [1.29, 1.82) is 0 Å². The molecule has 1 fully saturated rings. The molecule has 7 nitrogen and oxygen atoms in total. The van der Waals surface area contributed by atoms with E-state index in [1.54, 1.807) is 31.2 Å². The number of nitrogens with zero attached hydrogens (tertiary/aromatic N) is 2. The molecule has 0 radical (unpaired) electrons. The van der Waals surface area contributed by atoms with Gasteiger partial charge in [0.1, 0.15) is 11.5 Å². The van der Waals surface area contributed by atoms with Gasteiger partial charge in [0, 0.05) is 23.3 Å². The lowest BCUT2D eigenvalue weighted by molar-refractivity contribution is -0.385. The number of carbonyl (C=O) groups is 2. The number of furan rings is 1. The second-order valence-electron chi connectivity index (χ2n) is 7.91. The number of fused-ring (bicyclic) bond motifs is 1. The fourth-order valence-electron chi connectivity index (χ4n) is 3.83. The number of carbonyl (C=O) groups excluding carboxylic acids is 2. The van der Waals surface area contributed by atoms with E-state index in [9.17, 15) is 19.7 Å². The molecule has 3 aromatic carbocycles. The third-order valence-electron chi connectivity index (χ3n) is 5.62. The minimum absolute atomic E-state index is 0.00487. The molecule has 0 N–H and O–H groups in total. The first kappa shape index (κ1) is 21.7. The molecule has 0 unspecified atom stereocenters. The molecule has 1 aliphatic rings. The predicted octanol–water partition coefficient (Wildman–Crippen LogP) is 6.55. The van der Waals surface area contributed by atoms with Crippen LogP contribution in [0.4, 0.5) is 10.5 Å². The largest absolute Gasteiger partial charge is 0.457 e. The van der Waals surface area contributed by atoms with E-state index in [0.717, 1.165) is 28.1 Å². The molecule has 34 heavy (non-hydrogen) atoms. The molecule has 0 aliphatic carbocycles. The molecule has 8 heteroatoms. The Hall–Kier alpha value is -4.17. The van der Waals surface area contributed by atoms with E-state index >= 15 is 0 Å². The normalized spacial score (nSPS) is 15.0. The molecular formula is C26H18N2O5S. The molecule has 2 amide bonds. The van der Waals surface area contributed by atoms with Crippen molar-refractivity contribution in [2.45, 2.75) is 13.5 Å². The van der Waals surface area contributed by atoms with Crippen molar-refractivity contribution < 1.29 is 18.9 Å². The highest BCUT2D eigenvalue weighted by Crippen LogP contribution is 2.35. The smallest absolute Gasteiger partial charge is 0.293 e. The van der Waals surface area contributed by atoms with Crippen LogP contribution in [0.2, 0.25) is 0 Å². The van der Waals surface area contributed by atoms with Crippen LogP contribution in [0.25, 0.3) is 28.2 Å². The first-order valence-electron chi connectivity index (χ1n) is 10.5. The SMILES string of the molecule is Cc1ccc(-c2ccc(/C=C3\SC(=O)N(Cc4ccc5ccccc5c4)C3=O)o2)cc1[N+](=O)[O-]. The average molecular weight is 471 g/mol. The monoisotopic (exact) mass is 470 g/mol. The standard InChI is InChI=1S/C26H18N2O5S/c1-16-6-8-20(13-22(16)28(31)32)23-11-10-21(33-23)14-24-25(29)27(26(30)34-24)15-17-7-9-18-4-2-3-5-19(18)12-17/h2-14H,15H2,1H3/b24-14-. The van der Waals surface area contributed by atoms with E-state index in [0.29, 0.717) is 22.6 Å². The predicted molar refractivity (Wildman–Crippen MR) is 131 cm³/mol. The van der Waals surface area contributed by atoms with Crippen LogP contribution in [-0.4, -0.2) is 21.0 Å². The summed E-state index contributed by atoms with van der Waals surface area (Å²) in [7, 11) is 0. The Morgan fingerprint density at radius 3 is 2.59 bits per heavy atom. The first-order chi connectivity index (χ1) is 16.4. The van der Waals surface area contributed by atoms with Crippen LogP contribution in [0.5, 0.6) is 0 Å². The van der Waals surface area contributed by atoms with Crippen molar-refractivity contribution >= 4 is 45.4 Å². The molecular weight excluding hydrogens is 452 g/mol. The van der Waals surface area contributed by atoms with Crippen LogP contribution < -0.4 is 0 Å². The van der Waals surface area contributed by atoms with Crippen molar-refractivity contribution in [2.75, 3.05) is 0 Å². The fourth-order valence-corrected chi connectivity index (χ4v) is 4.65. The van der Waals surface area contributed by atoms with Crippen molar-refractivity contribution in [3.63, 3.8) is 0 Å². The van der Waals surface area contributed by atoms with E-state index in [-0.39, 0.29) is 28.3 Å². The lowest BCUT2D eigenvalue weighted by atomic mass is 10.1. The summed E-state index contributed by atoms with van der Waals surface area (Å²) in [5.41, 5.74) is 1.98. The van der Waals surface area contributed by atoms with Crippen molar-refractivity contribution in [2.24, 2.45) is 0 Å². The van der Waals surface area contributed by atoms with Gasteiger partial charge >= 0.3 is 0 Å². The van der Waals surface area contributed by atoms with Gasteiger partial charge in [0.2, 0.25) is 0 Å². The summed E-state index contributed by atoms with van der Waals surface area (Å²) in [6, 6.07) is 22.0. The maximum absolute atomic E-state index is 12.9. The number of nitro groups is 1. The summed E-state index contributed by atoms with van der Waals surface area (Å²) in [5.74, 6) is 0.436. The summed E-state index contributed by atoms with van der Waals surface area (Å²) in [4.78, 5) is 37.7. The molecule has 168 valence electrons. The number of nitro benzene ring substituents is 1. The van der Waals surface area contributed by atoms with Crippen molar-refractivity contribution in [3.8, 4) is 11.3 Å². The van der Waals surface area contributed by atoms with Gasteiger partial charge in [-0.25, -0.2) is 0 Å². The molecule has 4 aromatic rings. The Bertz CT molecular complexity index is 1500. The summed E-state index contributed by atoms with van der Waals surface area (Å²) < 4.78 is 5.80. The molecule has 1 aromatic heterocycles. The Labute approximate surface area is 198 Å². The van der Waals surface area contributed by atoms with Gasteiger partial charge in [-0.3, -0.25) is 24.6 Å². The van der Waals surface area contributed by atoms with Crippen LogP contribution in [0.1, 0.15) is 16.9 Å². The number of hydrogen-bond acceptors (Lipinski definition) is 6. The maximum atomic E-state index is 12.9. The topological polar surface area (TPSA) is 93.7 Å². The van der Waals surface area contributed by atoms with E-state index < -0.39 is 4.92 Å². The third-order valence-corrected chi connectivity index (χ3v) is 6.53. The van der Waals surface area contributed by atoms with Gasteiger partial charge in [-0.15, -0.1) is 0 Å². The van der Waals surface area contributed by atoms with Crippen LogP contribution in [0.3, 0.4) is 0 Å². The van der Waals surface area contributed by atoms with Crippen LogP contribution in [0.15, 0.2) is 82.1 Å². The van der Waals surface area contributed by atoms with Gasteiger partial charge in [-0.2, -0.15) is 0 Å². The summed E-state index contributed by atoms with van der Waals surface area (Å²) in [6.07, 6.45) is 1.53. The number of hydrogen-bond donors (Lipinski definition) is 0. The number of aryl methyl sites for hydroxylation is 1. The number of rotatable bonds is 5. The fraction of sp³-hybridized carbons (Fsp3) is 0.0769. The Balaban J connectivity index is 1.36. The molecule has 0 atom stereocenters. The summed E-state index contributed by atoms with van der Waals surface area (Å²) >= 11 is 0.862. The van der Waals surface area contributed by atoms with Gasteiger partial charge in [-0.1, -0.05) is 48.5 Å². The second-order valence-corrected chi connectivity index (χ2v) is 8.90. The molecule has 0 spiro atoms. The zero-order chi connectivity index (χ0) is 23.8. The number of imide groups is 1. The van der Waals surface area contributed by atoms with Crippen molar-refractivity contribution in [3.05, 3.63) is 105 Å². The minimum Gasteiger partial charge on any atom is -0.457 e. The lowest BCUT2D eigenvalue weighted by Crippen LogP contribution is -2.27. The molecule has 0 saturated carbocycles. The highest BCUT2D eigenvalue weighted by atomic mass is 32.2. The van der Waals surface area contributed by atoms with E-state index in [1.807, 2.05) is 42.5 Å². The number of benzene rings is 3. The Morgan fingerprint density at radius 1 is 1.00 bits per heavy atom. The summed E-state index contributed by atoms with van der Waals surface area (Å²) in [6.45, 7) is 1.85. The van der Waals surface area contributed by atoms with E-state index in [4.69, 9.17) is 4.42 Å². The van der Waals surface area contributed by atoms with E-state index in [2.05, 4.69) is 0 Å². The average Bonchev–Trinajstić information content (AvgIpc) is 3.39. The Morgan fingerprint density at radius 2 is 1.79 bits per heavy atom. The van der Waals surface area contributed by atoms with Gasteiger partial charge < -0.3 is 4.42 Å². The second kappa shape index (κ2) is 8.64. The molecule has 0 bridgehead atoms. The Kier molecular flexibility index (Phi) is 5.51. The number of amides is 2. The van der Waals surface area contributed by atoms with Crippen molar-refractivity contribution in [1.82, 2.24) is 4.90 Å². The van der Waals surface area contributed by atoms with Crippen LogP contribution in [0, 0.1) is 17.0 Å². The van der Waals surface area contributed by atoms with Crippen LogP contribution >= 0.6 is 11.8 Å². The molecule has 5 rings (SSSR count). The quantitative estimate of drug-likeness (QED) is 0.186. The zero-order valence-corrected chi connectivity index (χ0v) is 18.9. The highest BCUT2D eigenvalue weighted by molar-refractivity contribution is 8.18. The van der Waals surface area contributed by atoms with Gasteiger partial charge in [0.25, 0.3) is 16.8 Å². The molecule has 1 aliphatic heterocycles. The zero-order valence-electron chi connectivity index (χ0n) is 18.1. The van der Waals surface area contributed by atoms with Gasteiger partial charge in [0.05, 0.1) is 16.4 Å². The minimum atomic E-state index is -0.436. The third kappa shape index (κ3) is 4.11.